The van der Waals surface area contributed by atoms with Gasteiger partial charge in [0, 0.05) is 5.56 Å². The molecule has 152 valence electrons. The molecule has 1 unspecified atom stereocenters. The van der Waals surface area contributed by atoms with E-state index in [1.165, 1.54) is 20.3 Å². The van der Waals surface area contributed by atoms with Crippen LogP contribution in [0.3, 0.4) is 0 Å². The van der Waals surface area contributed by atoms with Crippen LogP contribution >= 0.6 is 15.9 Å². The molecule has 1 fully saturated rings. The Kier molecular flexibility index (Phi) is 5.52. The lowest BCUT2D eigenvalue weighted by atomic mass is 9.90. The highest BCUT2D eigenvalue weighted by atomic mass is 79.9. The van der Waals surface area contributed by atoms with Gasteiger partial charge in [0.25, 0.3) is 5.91 Å². The SMILES string of the molecule is COc1ccc(CN2C(=O)NC(C)(c3cccc(C(N)=O)c3)C2=O)c(Br)c1OC. The Morgan fingerprint density at radius 1 is 1.21 bits per heavy atom. The Hall–Kier alpha value is -3.07. The maximum absolute atomic E-state index is 13.2. The van der Waals surface area contributed by atoms with Crippen LogP contribution in [0, 0.1) is 0 Å². The first-order valence-corrected chi connectivity index (χ1v) is 9.46. The first kappa shape index (κ1) is 20.7. The van der Waals surface area contributed by atoms with Crippen LogP contribution in [0.1, 0.15) is 28.4 Å². The molecule has 3 N–H and O–H groups in total. The van der Waals surface area contributed by atoms with Crippen LogP contribution in [-0.2, 0) is 16.9 Å². The van der Waals surface area contributed by atoms with Gasteiger partial charge in [0.05, 0.1) is 25.2 Å². The zero-order valence-electron chi connectivity index (χ0n) is 16.1. The Balaban J connectivity index is 1.94. The molecule has 8 nitrogen and oxygen atoms in total. The van der Waals surface area contributed by atoms with Crippen molar-refractivity contribution in [2.24, 2.45) is 5.73 Å². The number of imide groups is 1. The van der Waals surface area contributed by atoms with Crippen molar-refractivity contribution in [2.75, 3.05) is 14.2 Å². The average Bonchev–Trinajstić information content (AvgIpc) is 2.93. The van der Waals surface area contributed by atoms with Gasteiger partial charge in [-0.3, -0.25) is 14.5 Å². The van der Waals surface area contributed by atoms with E-state index < -0.39 is 23.4 Å². The van der Waals surface area contributed by atoms with Gasteiger partial charge in [-0.25, -0.2) is 4.79 Å². The molecule has 29 heavy (non-hydrogen) atoms. The molecule has 0 saturated carbocycles. The second kappa shape index (κ2) is 7.75. The fourth-order valence-electron chi connectivity index (χ4n) is 3.24. The molecule has 0 bridgehead atoms. The van der Waals surface area contributed by atoms with Crippen LogP contribution in [0.2, 0.25) is 0 Å². The van der Waals surface area contributed by atoms with Gasteiger partial charge in [-0.05, 0) is 52.2 Å². The summed E-state index contributed by atoms with van der Waals surface area (Å²) in [6.45, 7) is 1.62. The number of benzene rings is 2. The normalized spacial score (nSPS) is 18.6. The summed E-state index contributed by atoms with van der Waals surface area (Å²) in [4.78, 5) is 38.4. The van der Waals surface area contributed by atoms with Gasteiger partial charge in [0.15, 0.2) is 11.5 Å². The molecule has 4 amide bonds. The number of methoxy groups -OCH3 is 2. The highest BCUT2D eigenvalue weighted by molar-refractivity contribution is 9.10. The number of ether oxygens (including phenoxy) is 2. The number of carbonyl (C=O) groups is 3. The maximum atomic E-state index is 13.2. The van der Waals surface area contributed by atoms with Gasteiger partial charge >= 0.3 is 6.03 Å². The molecule has 1 aliphatic rings. The van der Waals surface area contributed by atoms with E-state index in [1.54, 1.807) is 37.3 Å². The van der Waals surface area contributed by atoms with Gasteiger partial charge < -0.3 is 20.5 Å². The minimum absolute atomic E-state index is 0.0245. The maximum Gasteiger partial charge on any atom is 0.325 e. The number of nitrogens with two attached hydrogens (primary N) is 1. The number of halogens is 1. The molecule has 1 aliphatic heterocycles. The fraction of sp³-hybridized carbons (Fsp3) is 0.250. The van der Waals surface area contributed by atoms with Crippen molar-refractivity contribution in [3.8, 4) is 11.5 Å². The third kappa shape index (κ3) is 3.53. The molecule has 1 atom stereocenters. The number of carbonyl (C=O) groups excluding carboxylic acids is 3. The van der Waals surface area contributed by atoms with Gasteiger partial charge in [-0.2, -0.15) is 0 Å². The molecule has 1 saturated heterocycles. The van der Waals surface area contributed by atoms with Crippen LogP contribution in [0.25, 0.3) is 0 Å². The largest absolute Gasteiger partial charge is 0.493 e. The highest BCUT2D eigenvalue weighted by Crippen LogP contribution is 2.39. The summed E-state index contributed by atoms with van der Waals surface area (Å²) in [7, 11) is 3.02. The summed E-state index contributed by atoms with van der Waals surface area (Å²) in [5, 5.41) is 2.72. The fourth-order valence-corrected chi connectivity index (χ4v) is 3.86. The Morgan fingerprint density at radius 2 is 1.93 bits per heavy atom. The molecule has 9 heteroatoms. The highest BCUT2D eigenvalue weighted by Gasteiger charge is 2.49. The van der Waals surface area contributed by atoms with Crippen molar-refractivity contribution >= 4 is 33.8 Å². The van der Waals surface area contributed by atoms with Crippen molar-refractivity contribution in [1.82, 2.24) is 10.2 Å². The standard InChI is InChI=1S/C20H20BrN3O5/c1-20(13-6-4-5-11(9-13)17(22)25)18(26)24(19(27)23-20)10-12-7-8-14(28-2)16(29-3)15(12)21/h4-9H,10H2,1-3H3,(H2,22,25)(H,23,27). The topological polar surface area (TPSA) is 111 Å². The second-order valence-electron chi connectivity index (χ2n) is 6.67. The van der Waals surface area contributed by atoms with Crippen molar-refractivity contribution < 1.29 is 23.9 Å². The summed E-state index contributed by atoms with van der Waals surface area (Å²) in [5.41, 5.74) is 5.42. The third-order valence-corrected chi connectivity index (χ3v) is 5.76. The number of nitrogens with zero attached hydrogens (tertiary/aromatic N) is 1. The predicted octanol–water partition coefficient (Wildman–Crippen LogP) is 2.53. The van der Waals surface area contributed by atoms with E-state index in [0.717, 1.165) is 4.90 Å². The third-order valence-electron chi connectivity index (χ3n) is 4.89. The second-order valence-corrected chi connectivity index (χ2v) is 7.46. The van der Waals surface area contributed by atoms with Crippen molar-refractivity contribution in [1.29, 1.82) is 0 Å². The Bertz CT molecular complexity index is 1010. The Morgan fingerprint density at radius 3 is 2.55 bits per heavy atom. The zero-order chi connectivity index (χ0) is 21.3. The molecular weight excluding hydrogens is 442 g/mol. The summed E-state index contributed by atoms with van der Waals surface area (Å²) >= 11 is 3.45. The molecule has 0 aromatic heterocycles. The van der Waals surface area contributed by atoms with Crippen LogP contribution in [0.4, 0.5) is 4.79 Å². The van der Waals surface area contributed by atoms with Crippen LogP contribution in [-0.4, -0.2) is 37.0 Å². The van der Waals surface area contributed by atoms with E-state index in [4.69, 9.17) is 15.2 Å². The van der Waals surface area contributed by atoms with E-state index in [1.807, 2.05) is 0 Å². The van der Waals surface area contributed by atoms with E-state index in [9.17, 15) is 14.4 Å². The van der Waals surface area contributed by atoms with E-state index in [2.05, 4.69) is 21.2 Å². The summed E-state index contributed by atoms with van der Waals surface area (Å²) < 4.78 is 11.2. The molecule has 0 spiro atoms. The van der Waals surface area contributed by atoms with Crippen molar-refractivity contribution in [2.45, 2.75) is 19.0 Å². The van der Waals surface area contributed by atoms with Gasteiger partial charge in [-0.15, -0.1) is 0 Å². The van der Waals surface area contributed by atoms with Gasteiger partial charge in [0.1, 0.15) is 5.54 Å². The lowest BCUT2D eigenvalue weighted by Gasteiger charge is -2.23. The lowest BCUT2D eigenvalue weighted by Crippen LogP contribution is -2.41. The molecule has 1 heterocycles. The van der Waals surface area contributed by atoms with Crippen LogP contribution < -0.4 is 20.5 Å². The molecule has 3 rings (SSSR count). The molecular formula is C20H20BrN3O5. The van der Waals surface area contributed by atoms with Crippen LogP contribution in [0.15, 0.2) is 40.9 Å². The summed E-state index contributed by atoms with van der Waals surface area (Å²) in [5.74, 6) is -0.0634. The predicted molar refractivity (Wildman–Crippen MR) is 109 cm³/mol. The monoisotopic (exact) mass is 461 g/mol. The minimum Gasteiger partial charge on any atom is -0.493 e. The van der Waals surface area contributed by atoms with E-state index in [-0.39, 0.29) is 12.1 Å². The molecule has 0 aliphatic carbocycles. The van der Waals surface area contributed by atoms with Gasteiger partial charge in [0.2, 0.25) is 5.91 Å². The number of hydrogen-bond acceptors (Lipinski definition) is 5. The lowest BCUT2D eigenvalue weighted by molar-refractivity contribution is -0.131. The smallest absolute Gasteiger partial charge is 0.325 e. The zero-order valence-corrected chi connectivity index (χ0v) is 17.7. The first-order valence-electron chi connectivity index (χ1n) is 8.66. The molecule has 2 aromatic rings. The minimum atomic E-state index is -1.31. The van der Waals surface area contributed by atoms with Crippen molar-refractivity contribution in [3.63, 3.8) is 0 Å². The van der Waals surface area contributed by atoms with Crippen LogP contribution in [0.5, 0.6) is 11.5 Å². The number of amides is 4. The molecule has 0 radical (unpaired) electrons. The summed E-state index contributed by atoms with van der Waals surface area (Å²) in [6, 6.07) is 9.26. The first-order chi connectivity index (χ1) is 13.7. The number of urea groups is 1. The number of nitrogens with one attached hydrogen (secondary N) is 1. The quantitative estimate of drug-likeness (QED) is 0.642. The van der Waals surface area contributed by atoms with E-state index in [0.29, 0.717) is 27.1 Å². The van der Waals surface area contributed by atoms with Crippen molar-refractivity contribution in [3.05, 3.63) is 57.6 Å². The van der Waals surface area contributed by atoms with Gasteiger partial charge in [-0.1, -0.05) is 18.2 Å². The Labute approximate surface area is 176 Å². The molecule has 2 aromatic carbocycles. The number of hydrogen-bond donors (Lipinski definition) is 2. The van der Waals surface area contributed by atoms with E-state index >= 15 is 0 Å². The average molecular weight is 462 g/mol. The number of primary amides is 1. The summed E-state index contributed by atoms with van der Waals surface area (Å²) in [6.07, 6.45) is 0. The number of rotatable bonds is 6.